The van der Waals surface area contributed by atoms with Crippen LogP contribution in [-0.4, -0.2) is 48.6 Å². The molecule has 108 valence electrons. The van der Waals surface area contributed by atoms with Gasteiger partial charge in [-0.05, 0) is 11.6 Å². The molecule has 1 aliphatic heterocycles. The number of morpholine rings is 1. The van der Waals surface area contributed by atoms with E-state index in [1.165, 1.54) is 0 Å². The number of ether oxygens (including phenoxy) is 1. The first-order chi connectivity index (χ1) is 8.27. The summed E-state index contributed by atoms with van der Waals surface area (Å²) in [6, 6.07) is 3.82. The lowest BCUT2D eigenvalue weighted by molar-refractivity contribution is -0.144. The topological polar surface area (TPSA) is 54.5 Å². The molecule has 1 aliphatic rings. The first kappa shape index (κ1) is 18.1. The van der Waals surface area contributed by atoms with Gasteiger partial charge in [-0.1, -0.05) is 6.07 Å². The van der Waals surface area contributed by atoms with Crippen LogP contribution < -0.4 is 5.32 Å². The highest BCUT2D eigenvalue weighted by atomic mass is 35.5. The van der Waals surface area contributed by atoms with E-state index in [0.29, 0.717) is 19.7 Å². The van der Waals surface area contributed by atoms with Gasteiger partial charge >= 0.3 is 0 Å². The minimum atomic E-state index is -0.356. The molecule has 1 aromatic rings. The molecule has 0 bridgehead atoms. The van der Waals surface area contributed by atoms with Crippen molar-refractivity contribution in [3.05, 3.63) is 30.1 Å². The van der Waals surface area contributed by atoms with Gasteiger partial charge in [-0.2, -0.15) is 0 Å². The smallest absolute Gasteiger partial charge is 0.253 e. The van der Waals surface area contributed by atoms with Crippen molar-refractivity contribution < 1.29 is 9.53 Å². The van der Waals surface area contributed by atoms with Crippen LogP contribution in [0.15, 0.2) is 24.5 Å². The van der Waals surface area contributed by atoms with Crippen LogP contribution in [0.5, 0.6) is 0 Å². The highest BCUT2D eigenvalue weighted by molar-refractivity contribution is 5.85. The third kappa shape index (κ3) is 5.32. The van der Waals surface area contributed by atoms with Crippen LogP contribution in [0.2, 0.25) is 0 Å². The van der Waals surface area contributed by atoms with Gasteiger partial charge in [0.05, 0.1) is 6.61 Å². The molecule has 1 aromatic heterocycles. The van der Waals surface area contributed by atoms with Gasteiger partial charge in [0.15, 0.2) is 0 Å². The van der Waals surface area contributed by atoms with Crippen molar-refractivity contribution in [2.45, 2.75) is 12.6 Å². The molecule has 5 nitrogen and oxygen atoms in total. The Morgan fingerprint density at radius 1 is 1.58 bits per heavy atom. The molecule has 0 aromatic carbocycles. The average molecular weight is 308 g/mol. The quantitative estimate of drug-likeness (QED) is 0.900. The number of carbonyl (C=O) groups is 1. The zero-order valence-electron chi connectivity index (χ0n) is 10.7. The summed E-state index contributed by atoms with van der Waals surface area (Å²) in [5.74, 6) is 0.0149. The van der Waals surface area contributed by atoms with E-state index in [9.17, 15) is 4.79 Å². The second-order valence-corrected chi connectivity index (χ2v) is 4.12. The van der Waals surface area contributed by atoms with Crippen molar-refractivity contribution in [3.8, 4) is 0 Å². The highest BCUT2D eigenvalue weighted by Crippen LogP contribution is 2.05. The summed E-state index contributed by atoms with van der Waals surface area (Å²) in [6.07, 6.45) is 3.13. The van der Waals surface area contributed by atoms with Crippen molar-refractivity contribution in [3.63, 3.8) is 0 Å². The van der Waals surface area contributed by atoms with Crippen molar-refractivity contribution in [1.29, 1.82) is 0 Å². The Morgan fingerprint density at radius 3 is 2.95 bits per heavy atom. The van der Waals surface area contributed by atoms with E-state index >= 15 is 0 Å². The van der Waals surface area contributed by atoms with Crippen LogP contribution in [0.4, 0.5) is 0 Å². The van der Waals surface area contributed by atoms with E-state index < -0.39 is 0 Å². The zero-order chi connectivity index (χ0) is 12.1. The van der Waals surface area contributed by atoms with Gasteiger partial charge in [-0.25, -0.2) is 0 Å². The minimum Gasteiger partial charge on any atom is -0.366 e. The minimum absolute atomic E-state index is 0. The fourth-order valence-corrected chi connectivity index (χ4v) is 1.81. The fraction of sp³-hybridized carbons (Fsp3) is 0.500. The summed E-state index contributed by atoms with van der Waals surface area (Å²) in [5, 5.41) is 3.15. The van der Waals surface area contributed by atoms with E-state index in [1.54, 1.807) is 24.3 Å². The molecule has 1 saturated heterocycles. The Bertz CT molecular complexity index is 372. The molecule has 1 unspecified atom stereocenters. The maximum absolute atomic E-state index is 12.0. The van der Waals surface area contributed by atoms with Crippen molar-refractivity contribution >= 4 is 30.7 Å². The van der Waals surface area contributed by atoms with E-state index in [2.05, 4.69) is 10.3 Å². The predicted molar refractivity (Wildman–Crippen MR) is 77.8 cm³/mol. The molecular weight excluding hydrogens is 289 g/mol. The molecule has 2 rings (SSSR count). The fourth-order valence-electron chi connectivity index (χ4n) is 1.81. The molecule has 0 radical (unpaired) electrons. The van der Waals surface area contributed by atoms with Gasteiger partial charge in [0, 0.05) is 39.1 Å². The van der Waals surface area contributed by atoms with E-state index in [1.807, 2.05) is 12.1 Å². The van der Waals surface area contributed by atoms with E-state index in [0.717, 1.165) is 12.1 Å². The molecule has 1 fully saturated rings. The number of nitrogens with zero attached hydrogens (tertiary/aromatic N) is 2. The Kier molecular flexibility index (Phi) is 8.67. The summed E-state index contributed by atoms with van der Waals surface area (Å²) >= 11 is 0. The molecule has 1 N–H and O–H groups in total. The SMILES string of the molecule is CN(Cc1cccnc1)C(=O)C1CNCCO1.Cl.Cl. The number of nitrogens with one attached hydrogen (secondary N) is 1. The highest BCUT2D eigenvalue weighted by Gasteiger charge is 2.24. The summed E-state index contributed by atoms with van der Waals surface area (Å²) in [6.45, 7) is 2.57. The average Bonchev–Trinajstić information content (AvgIpc) is 2.40. The van der Waals surface area contributed by atoms with Gasteiger partial charge in [-0.15, -0.1) is 24.8 Å². The number of hydrogen-bond acceptors (Lipinski definition) is 4. The largest absolute Gasteiger partial charge is 0.366 e. The van der Waals surface area contributed by atoms with Crippen LogP contribution in [0.1, 0.15) is 5.56 Å². The first-order valence-corrected chi connectivity index (χ1v) is 5.73. The monoisotopic (exact) mass is 307 g/mol. The standard InChI is InChI=1S/C12H17N3O2.2ClH/c1-15(9-10-3-2-4-13-7-10)12(16)11-8-14-5-6-17-11;;/h2-4,7,11,14H,5-6,8-9H2,1H3;2*1H. The number of amides is 1. The van der Waals surface area contributed by atoms with Gasteiger partial charge in [0.1, 0.15) is 6.10 Å². The Hall–Kier alpha value is -0.880. The van der Waals surface area contributed by atoms with Gasteiger partial charge in [0.2, 0.25) is 0 Å². The summed E-state index contributed by atoms with van der Waals surface area (Å²) in [4.78, 5) is 17.7. The summed E-state index contributed by atoms with van der Waals surface area (Å²) in [7, 11) is 1.79. The molecule has 1 atom stereocenters. The molecule has 19 heavy (non-hydrogen) atoms. The first-order valence-electron chi connectivity index (χ1n) is 5.73. The molecule has 2 heterocycles. The molecule has 0 aliphatic carbocycles. The number of likely N-dealkylation sites (N-methyl/N-ethyl adjacent to an activating group) is 1. The van der Waals surface area contributed by atoms with Crippen molar-refractivity contribution in [2.24, 2.45) is 0 Å². The zero-order valence-corrected chi connectivity index (χ0v) is 12.4. The van der Waals surface area contributed by atoms with Crippen LogP contribution in [0.25, 0.3) is 0 Å². The van der Waals surface area contributed by atoms with E-state index in [-0.39, 0.29) is 36.8 Å². The maximum Gasteiger partial charge on any atom is 0.253 e. The van der Waals surface area contributed by atoms with Gasteiger partial charge < -0.3 is 15.0 Å². The number of rotatable bonds is 3. The van der Waals surface area contributed by atoms with Crippen molar-refractivity contribution in [2.75, 3.05) is 26.7 Å². The maximum atomic E-state index is 12.0. The van der Waals surface area contributed by atoms with Crippen molar-refractivity contribution in [1.82, 2.24) is 15.2 Å². The second-order valence-electron chi connectivity index (χ2n) is 4.12. The molecule has 0 saturated carbocycles. The summed E-state index contributed by atoms with van der Waals surface area (Å²) in [5.41, 5.74) is 1.02. The summed E-state index contributed by atoms with van der Waals surface area (Å²) < 4.78 is 5.43. The number of aromatic nitrogens is 1. The van der Waals surface area contributed by atoms with Gasteiger partial charge in [-0.3, -0.25) is 9.78 Å². The number of carbonyl (C=O) groups excluding carboxylic acids is 1. The second kappa shape index (κ2) is 9.09. The lowest BCUT2D eigenvalue weighted by Crippen LogP contribution is -2.48. The van der Waals surface area contributed by atoms with Crippen LogP contribution in [-0.2, 0) is 16.1 Å². The molecule has 0 spiro atoms. The van der Waals surface area contributed by atoms with Crippen LogP contribution in [0, 0.1) is 0 Å². The van der Waals surface area contributed by atoms with Gasteiger partial charge in [0.25, 0.3) is 5.91 Å². The lowest BCUT2D eigenvalue weighted by atomic mass is 10.2. The predicted octanol–water partition coefficient (Wildman–Crippen LogP) is 0.872. The van der Waals surface area contributed by atoms with Crippen LogP contribution >= 0.6 is 24.8 Å². The Labute approximate surface area is 125 Å². The number of hydrogen-bond donors (Lipinski definition) is 1. The van der Waals surface area contributed by atoms with E-state index in [4.69, 9.17) is 4.74 Å². The lowest BCUT2D eigenvalue weighted by Gasteiger charge is -2.27. The third-order valence-corrected chi connectivity index (χ3v) is 2.72. The Balaban J connectivity index is 0.00000162. The molecular formula is C12H19Cl2N3O2. The molecule has 7 heteroatoms. The molecule has 1 amide bonds. The number of pyridine rings is 1. The third-order valence-electron chi connectivity index (χ3n) is 2.72. The number of halogens is 2. The Morgan fingerprint density at radius 2 is 2.37 bits per heavy atom. The van der Waals surface area contributed by atoms with Crippen LogP contribution in [0.3, 0.4) is 0 Å². The normalized spacial score (nSPS) is 17.8.